The van der Waals surface area contributed by atoms with E-state index in [9.17, 15) is 19.5 Å². The van der Waals surface area contributed by atoms with Crippen molar-refractivity contribution in [3.8, 4) is 0 Å². The van der Waals surface area contributed by atoms with Crippen molar-refractivity contribution in [3.05, 3.63) is 29.3 Å². The Morgan fingerprint density at radius 3 is 2.72 bits per heavy atom. The molecule has 2 atom stereocenters. The van der Waals surface area contributed by atoms with Crippen molar-refractivity contribution in [2.45, 2.75) is 39.0 Å². The maximum atomic E-state index is 12.5. The van der Waals surface area contributed by atoms with Crippen LogP contribution in [0.3, 0.4) is 0 Å². The fraction of sp³-hybridized carbons (Fsp3) is 0.526. The molecule has 2 aliphatic rings. The zero-order valence-corrected chi connectivity index (χ0v) is 14.5. The minimum Gasteiger partial charge on any atom is -0.481 e. The zero-order valence-electron chi connectivity index (χ0n) is 14.5. The van der Waals surface area contributed by atoms with Gasteiger partial charge in [-0.3, -0.25) is 9.59 Å². The predicted molar refractivity (Wildman–Crippen MR) is 93.8 cm³/mol. The summed E-state index contributed by atoms with van der Waals surface area (Å²) in [5.74, 6) is -1.11. The van der Waals surface area contributed by atoms with Crippen molar-refractivity contribution in [3.63, 3.8) is 0 Å². The van der Waals surface area contributed by atoms with Gasteiger partial charge in [0.15, 0.2) is 5.78 Å². The lowest BCUT2D eigenvalue weighted by molar-refractivity contribution is -0.143. The molecule has 1 aliphatic carbocycles. The van der Waals surface area contributed by atoms with Crippen molar-refractivity contribution in [1.82, 2.24) is 4.90 Å². The Morgan fingerprint density at radius 1 is 1.20 bits per heavy atom. The van der Waals surface area contributed by atoms with Crippen molar-refractivity contribution in [2.24, 2.45) is 11.8 Å². The molecule has 0 saturated carbocycles. The van der Waals surface area contributed by atoms with Gasteiger partial charge >= 0.3 is 12.0 Å². The van der Waals surface area contributed by atoms with E-state index >= 15 is 0 Å². The molecule has 6 heteroatoms. The number of carboxylic acids is 1. The second-order valence-electron chi connectivity index (χ2n) is 7.21. The van der Waals surface area contributed by atoms with Gasteiger partial charge in [-0.1, -0.05) is 13.0 Å². The van der Waals surface area contributed by atoms with Gasteiger partial charge in [0.1, 0.15) is 0 Å². The van der Waals surface area contributed by atoms with E-state index in [2.05, 4.69) is 5.32 Å². The smallest absolute Gasteiger partial charge is 0.321 e. The molecule has 2 amide bonds. The lowest BCUT2D eigenvalue weighted by atomic mass is 9.91. The number of urea groups is 1. The monoisotopic (exact) mass is 344 g/mol. The van der Waals surface area contributed by atoms with Gasteiger partial charge in [0.05, 0.1) is 5.92 Å². The van der Waals surface area contributed by atoms with E-state index in [1.54, 1.807) is 11.0 Å². The Balaban J connectivity index is 1.72. The van der Waals surface area contributed by atoms with Crippen LogP contribution >= 0.6 is 0 Å². The number of rotatable bonds is 2. The first-order valence-corrected chi connectivity index (χ1v) is 8.89. The minimum atomic E-state index is -0.861. The largest absolute Gasteiger partial charge is 0.481 e. The van der Waals surface area contributed by atoms with Gasteiger partial charge in [0.25, 0.3) is 0 Å². The Kier molecular flexibility index (Phi) is 5.06. The van der Waals surface area contributed by atoms with Crippen molar-refractivity contribution in [2.75, 3.05) is 18.4 Å². The summed E-state index contributed by atoms with van der Waals surface area (Å²) in [5, 5.41) is 12.1. The molecule has 1 fully saturated rings. The quantitative estimate of drug-likeness (QED) is 0.807. The Labute approximate surface area is 147 Å². The summed E-state index contributed by atoms with van der Waals surface area (Å²) in [6.45, 7) is 2.71. The van der Waals surface area contributed by atoms with Crippen LogP contribution in [0.15, 0.2) is 18.2 Å². The average molecular weight is 344 g/mol. The molecule has 0 aromatic heterocycles. The topological polar surface area (TPSA) is 86.7 Å². The van der Waals surface area contributed by atoms with Crippen LogP contribution in [-0.4, -0.2) is 40.9 Å². The number of nitrogens with zero attached hydrogens (tertiary/aromatic N) is 1. The highest BCUT2D eigenvalue weighted by molar-refractivity contribution is 6.00. The van der Waals surface area contributed by atoms with E-state index in [1.165, 1.54) is 0 Å². The first kappa shape index (κ1) is 17.5. The van der Waals surface area contributed by atoms with Crippen LogP contribution in [-0.2, 0) is 11.2 Å². The molecule has 2 N–H and O–H groups in total. The summed E-state index contributed by atoms with van der Waals surface area (Å²) in [4.78, 5) is 37.6. The van der Waals surface area contributed by atoms with E-state index in [1.807, 2.05) is 19.1 Å². The average Bonchev–Trinajstić information content (AvgIpc) is 2.76. The molecule has 2 unspecified atom stereocenters. The number of amides is 2. The van der Waals surface area contributed by atoms with Crippen LogP contribution in [0.4, 0.5) is 10.5 Å². The number of ketones is 1. The van der Waals surface area contributed by atoms with E-state index in [0.717, 1.165) is 24.8 Å². The summed E-state index contributed by atoms with van der Waals surface area (Å²) in [5.41, 5.74) is 2.33. The molecule has 25 heavy (non-hydrogen) atoms. The lowest BCUT2D eigenvalue weighted by Crippen LogP contribution is -2.47. The molecule has 3 rings (SSSR count). The number of aliphatic carboxylic acids is 1. The first-order valence-electron chi connectivity index (χ1n) is 8.89. The number of benzene rings is 1. The first-order chi connectivity index (χ1) is 11.9. The number of carbonyl (C=O) groups excluding carboxylic acids is 2. The van der Waals surface area contributed by atoms with Gasteiger partial charge in [-0.2, -0.15) is 0 Å². The molecule has 1 heterocycles. The fourth-order valence-corrected chi connectivity index (χ4v) is 3.77. The summed E-state index contributed by atoms with van der Waals surface area (Å²) in [6.07, 6.45) is 3.93. The molecule has 1 saturated heterocycles. The molecule has 1 aliphatic heterocycles. The maximum absolute atomic E-state index is 12.5. The number of anilines is 1. The normalized spacial score (nSPS) is 23.6. The van der Waals surface area contributed by atoms with E-state index in [0.29, 0.717) is 30.6 Å². The molecule has 1 aromatic rings. The van der Waals surface area contributed by atoms with Crippen LogP contribution in [0.2, 0.25) is 0 Å². The van der Waals surface area contributed by atoms with Gasteiger partial charge in [-0.15, -0.1) is 0 Å². The summed E-state index contributed by atoms with van der Waals surface area (Å²) in [6, 6.07) is 5.17. The Morgan fingerprint density at radius 2 is 1.96 bits per heavy atom. The summed E-state index contributed by atoms with van der Waals surface area (Å²) in [7, 11) is 0. The van der Waals surface area contributed by atoms with Gasteiger partial charge in [-0.25, -0.2) is 4.79 Å². The second-order valence-corrected chi connectivity index (χ2v) is 7.21. The SMILES string of the molecule is CC1CC(C(=O)O)CN(C(=O)Nc2ccc3c(c2)C(=O)CCCC3)C1. The lowest BCUT2D eigenvalue weighted by Gasteiger charge is -2.34. The van der Waals surface area contributed by atoms with Crippen molar-refractivity contribution < 1.29 is 19.5 Å². The second kappa shape index (κ2) is 7.25. The Hall–Kier alpha value is -2.37. The highest BCUT2D eigenvalue weighted by Gasteiger charge is 2.32. The number of hydrogen-bond acceptors (Lipinski definition) is 3. The third-order valence-electron chi connectivity index (χ3n) is 5.06. The molecule has 6 nitrogen and oxygen atoms in total. The maximum Gasteiger partial charge on any atom is 0.321 e. The fourth-order valence-electron chi connectivity index (χ4n) is 3.77. The molecule has 0 bridgehead atoms. The summed E-state index contributed by atoms with van der Waals surface area (Å²) >= 11 is 0. The molecule has 0 radical (unpaired) electrons. The van der Waals surface area contributed by atoms with Crippen molar-refractivity contribution >= 4 is 23.5 Å². The van der Waals surface area contributed by atoms with Gasteiger partial charge < -0.3 is 15.3 Å². The minimum absolute atomic E-state index is 0.126. The third kappa shape index (κ3) is 4.00. The van der Waals surface area contributed by atoms with Gasteiger partial charge in [0.2, 0.25) is 0 Å². The predicted octanol–water partition coefficient (Wildman–Crippen LogP) is 3.17. The molecular formula is C19H24N2O4. The van der Waals surface area contributed by atoms with Crippen molar-refractivity contribution in [1.29, 1.82) is 0 Å². The summed E-state index contributed by atoms with van der Waals surface area (Å²) < 4.78 is 0. The van der Waals surface area contributed by atoms with Crippen LogP contribution in [0.5, 0.6) is 0 Å². The molecular weight excluding hydrogens is 320 g/mol. The van der Waals surface area contributed by atoms with E-state index in [-0.39, 0.29) is 24.3 Å². The molecule has 1 aromatic carbocycles. The van der Waals surface area contributed by atoms with Crippen LogP contribution in [0, 0.1) is 11.8 Å². The number of piperidine rings is 1. The Bertz CT molecular complexity index is 701. The van der Waals surface area contributed by atoms with Crippen LogP contribution in [0.25, 0.3) is 0 Å². The molecule has 0 spiro atoms. The van der Waals surface area contributed by atoms with Gasteiger partial charge in [0, 0.05) is 30.8 Å². The number of aryl methyl sites for hydroxylation is 1. The van der Waals surface area contributed by atoms with Crippen LogP contribution < -0.4 is 5.32 Å². The number of hydrogen-bond donors (Lipinski definition) is 2. The molecule has 134 valence electrons. The standard InChI is InChI=1S/C19H24N2O4/c1-12-8-14(18(23)24)11-21(10-12)19(25)20-15-7-6-13-4-2-3-5-17(22)16(13)9-15/h6-7,9,12,14H,2-5,8,10-11H2,1H3,(H,20,25)(H,23,24). The highest BCUT2D eigenvalue weighted by Crippen LogP contribution is 2.25. The van der Waals surface area contributed by atoms with Crippen LogP contribution in [0.1, 0.15) is 48.5 Å². The number of nitrogens with one attached hydrogen (secondary N) is 1. The third-order valence-corrected chi connectivity index (χ3v) is 5.06. The number of fused-ring (bicyclic) bond motifs is 1. The number of carboxylic acid groups (broad SMARTS) is 1. The number of likely N-dealkylation sites (tertiary alicyclic amines) is 1. The van der Waals surface area contributed by atoms with Gasteiger partial charge in [-0.05, 0) is 49.3 Å². The number of Topliss-reactive ketones (excluding diaryl/α,β-unsaturated/α-hetero) is 1. The highest BCUT2D eigenvalue weighted by atomic mass is 16.4. The van der Waals surface area contributed by atoms with E-state index in [4.69, 9.17) is 0 Å². The van der Waals surface area contributed by atoms with E-state index < -0.39 is 11.9 Å². The number of carbonyl (C=O) groups is 3. The zero-order chi connectivity index (χ0) is 18.0.